The van der Waals surface area contributed by atoms with Gasteiger partial charge in [0.05, 0.1) is 0 Å². The topological polar surface area (TPSA) is 76.9 Å². The van der Waals surface area contributed by atoms with Crippen LogP contribution < -0.4 is 0 Å². The van der Waals surface area contributed by atoms with Gasteiger partial charge in [0, 0.05) is 50.7 Å². The normalized spacial score (nSPS) is 17.6. The van der Waals surface area contributed by atoms with E-state index in [9.17, 15) is 41.4 Å². The molecule has 4 rings (SSSR count). The van der Waals surface area contributed by atoms with E-state index in [4.69, 9.17) is 0 Å². The van der Waals surface area contributed by atoms with E-state index >= 15 is 0 Å². The largest absolute Gasteiger partial charge is 0.480 e. The summed E-state index contributed by atoms with van der Waals surface area (Å²) in [5.74, 6) is -0.939. The van der Waals surface area contributed by atoms with Crippen LogP contribution in [0, 0.1) is 6.92 Å². The van der Waals surface area contributed by atoms with Gasteiger partial charge in [0.1, 0.15) is 6.04 Å². The molecule has 2 aromatic carbocycles. The number of hydrogen-bond acceptors (Lipinski definition) is 5. The summed E-state index contributed by atoms with van der Waals surface area (Å²) in [6, 6.07) is 11.7. The Kier molecular flexibility index (Phi) is 8.25. The minimum atomic E-state index is -5.96. The van der Waals surface area contributed by atoms with Crippen molar-refractivity contribution in [2.45, 2.75) is 44.0 Å². The van der Waals surface area contributed by atoms with Gasteiger partial charge in [0.15, 0.2) is 0 Å². The monoisotopic (exact) mass is 567 g/mol. The summed E-state index contributed by atoms with van der Waals surface area (Å²) in [7, 11) is 0. The molecule has 1 aliphatic heterocycles. The van der Waals surface area contributed by atoms with E-state index in [0.717, 1.165) is 23.3 Å². The van der Waals surface area contributed by atoms with Crippen LogP contribution in [0.1, 0.15) is 22.3 Å². The molecule has 1 atom stereocenters. The molecule has 214 valence electrons. The highest BCUT2D eigenvalue weighted by Gasteiger charge is 2.71. The molecule has 12 heteroatoms. The van der Waals surface area contributed by atoms with Gasteiger partial charge in [-0.25, -0.2) is 0 Å². The number of aromatic nitrogens is 1. The van der Waals surface area contributed by atoms with Crippen molar-refractivity contribution in [1.82, 2.24) is 14.8 Å². The van der Waals surface area contributed by atoms with Gasteiger partial charge in [-0.3, -0.25) is 19.6 Å². The molecule has 0 aliphatic carbocycles. The van der Waals surface area contributed by atoms with Crippen LogP contribution in [0.4, 0.5) is 26.3 Å². The molecule has 0 spiro atoms. The SMILES string of the molecule is Cc1cc(CN2CCN(Cc3ccncc3)C[C@H]2C(=O)O)ccc1-c1ccc(C(O)(C(F)(F)F)C(F)(F)F)cc1. The van der Waals surface area contributed by atoms with Crippen LogP contribution in [0.5, 0.6) is 0 Å². The number of carboxylic acids is 1. The smallest absolute Gasteiger partial charge is 0.430 e. The number of pyridine rings is 1. The number of hydrogen-bond donors (Lipinski definition) is 2. The van der Waals surface area contributed by atoms with Gasteiger partial charge in [-0.05, 0) is 46.9 Å². The zero-order valence-electron chi connectivity index (χ0n) is 21.4. The Labute approximate surface area is 226 Å². The Morgan fingerprint density at radius 2 is 1.52 bits per heavy atom. The highest BCUT2D eigenvalue weighted by atomic mass is 19.4. The number of aliphatic hydroxyl groups is 1. The zero-order chi connectivity index (χ0) is 29.3. The molecule has 0 saturated carbocycles. The van der Waals surface area contributed by atoms with Crippen LogP contribution in [0.15, 0.2) is 67.0 Å². The van der Waals surface area contributed by atoms with E-state index in [1.165, 1.54) is 0 Å². The van der Waals surface area contributed by atoms with Crippen molar-refractivity contribution in [3.63, 3.8) is 0 Å². The molecule has 0 bridgehead atoms. The van der Waals surface area contributed by atoms with E-state index < -0.39 is 35.5 Å². The van der Waals surface area contributed by atoms with Crippen LogP contribution in [-0.4, -0.2) is 69.0 Å². The summed E-state index contributed by atoms with van der Waals surface area (Å²) in [5, 5.41) is 19.5. The van der Waals surface area contributed by atoms with Gasteiger partial charge in [-0.15, -0.1) is 0 Å². The fourth-order valence-corrected chi connectivity index (χ4v) is 4.95. The maximum atomic E-state index is 13.2. The van der Waals surface area contributed by atoms with Gasteiger partial charge in [-0.1, -0.05) is 42.5 Å². The number of carboxylic acid groups (broad SMARTS) is 1. The fourth-order valence-electron chi connectivity index (χ4n) is 4.95. The first kappa shape index (κ1) is 29.5. The van der Waals surface area contributed by atoms with Crippen molar-refractivity contribution in [3.05, 3.63) is 89.2 Å². The minimum Gasteiger partial charge on any atom is -0.480 e. The summed E-state index contributed by atoms with van der Waals surface area (Å²) >= 11 is 0. The number of rotatable bonds is 7. The van der Waals surface area contributed by atoms with Gasteiger partial charge in [0.25, 0.3) is 5.60 Å². The first-order valence-corrected chi connectivity index (χ1v) is 12.3. The van der Waals surface area contributed by atoms with Crippen LogP contribution >= 0.6 is 0 Å². The molecule has 40 heavy (non-hydrogen) atoms. The molecule has 1 fully saturated rings. The van der Waals surface area contributed by atoms with Crippen molar-refractivity contribution in [2.75, 3.05) is 19.6 Å². The summed E-state index contributed by atoms with van der Waals surface area (Å²) in [5.41, 5.74) is -2.81. The van der Waals surface area contributed by atoms with Crippen LogP contribution in [0.2, 0.25) is 0 Å². The lowest BCUT2D eigenvalue weighted by atomic mass is 9.90. The number of piperazine rings is 1. The lowest BCUT2D eigenvalue weighted by Crippen LogP contribution is -2.55. The van der Waals surface area contributed by atoms with E-state index in [1.54, 1.807) is 31.5 Å². The summed E-state index contributed by atoms with van der Waals surface area (Å²) < 4.78 is 79.2. The lowest BCUT2D eigenvalue weighted by molar-refractivity contribution is -0.376. The Morgan fingerprint density at radius 3 is 2.08 bits per heavy atom. The predicted molar refractivity (Wildman–Crippen MR) is 134 cm³/mol. The van der Waals surface area contributed by atoms with Crippen LogP contribution in [-0.2, 0) is 23.5 Å². The summed E-state index contributed by atoms with van der Waals surface area (Å²) in [4.78, 5) is 20.0. The molecule has 0 unspecified atom stereocenters. The number of aliphatic carboxylic acids is 1. The zero-order valence-corrected chi connectivity index (χ0v) is 21.4. The average Bonchev–Trinajstić information content (AvgIpc) is 2.88. The third kappa shape index (κ3) is 5.98. The second kappa shape index (κ2) is 11.2. The lowest BCUT2D eigenvalue weighted by Gasteiger charge is -2.39. The molecular formula is C28H27F6N3O3. The van der Waals surface area contributed by atoms with Crippen molar-refractivity contribution in [3.8, 4) is 11.1 Å². The molecule has 0 radical (unpaired) electrons. The van der Waals surface area contributed by atoms with Gasteiger partial charge in [-0.2, -0.15) is 26.3 Å². The second-order valence-electron chi connectivity index (χ2n) is 9.85. The molecule has 0 amide bonds. The number of benzene rings is 2. The Morgan fingerprint density at radius 1 is 0.900 bits per heavy atom. The first-order valence-electron chi connectivity index (χ1n) is 12.3. The van der Waals surface area contributed by atoms with Crippen molar-refractivity contribution >= 4 is 5.97 Å². The van der Waals surface area contributed by atoms with Crippen molar-refractivity contribution in [2.24, 2.45) is 0 Å². The number of nitrogens with zero attached hydrogens (tertiary/aromatic N) is 3. The molecule has 1 saturated heterocycles. The van der Waals surface area contributed by atoms with Crippen LogP contribution in [0.25, 0.3) is 11.1 Å². The summed E-state index contributed by atoms with van der Waals surface area (Å²) in [6.45, 7) is 4.23. The molecular weight excluding hydrogens is 540 g/mol. The Balaban J connectivity index is 1.49. The third-order valence-electron chi connectivity index (χ3n) is 7.13. The number of aryl methyl sites for hydroxylation is 1. The molecule has 6 nitrogen and oxygen atoms in total. The Hall–Kier alpha value is -3.48. The van der Waals surface area contributed by atoms with Gasteiger partial charge in [0.2, 0.25) is 0 Å². The Bertz CT molecular complexity index is 1320. The first-order chi connectivity index (χ1) is 18.7. The van der Waals surface area contributed by atoms with E-state index in [1.807, 2.05) is 23.1 Å². The maximum Gasteiger partial charge on any atom is 0.430 e. The number of halogens is 6. The van der Waals surface area contributed by atoms with E-state index in [-0.39, 0.29) is 0 Å². The second-order valence-corrected chi connectivity index (χ2v) is 9.85. The third-order valence-corrected chi connectivity index (χ3v) is 7.13. The van der Waals surface area contributed by atoms with Crippen molar-refractivity contribution < 1.29 is 41.4 Å². The molecule has 1 aromatic heterocycles. The predicted octanol–water partition coefficient (Wildman–Crippen LogP) is 5.14. The van der Waals surface area contributed by atoms with E-state index in [0.29, 0.717) is 61.5 Å². The molecule has 1 aliphatic rings. The maximum absolute atomic E-state index is 13.2. The quantitative estimate of drug-likeness (QED) is 0.385. The van der Waals surface area contributed by atoms with Gasteiger partial charge >= 0.3 is 18.3 Å². The highest BCUT2D eigenvalue weighted by Crippen LogP contribution is 2.50. The van der Waals surface area contributed by atoms with Crippen molar-refractivity contribution in [1.29, 1.82) is 0 Å². The fraction of sp³-hybridized carbons (Fsp3) is 0.357. The summed E-state index contributed by atoms with van der Waals surface area (Å²) in [6.07, 6.45) is -8.54. The molecule has 2 heterocycles. The minimum absolute atomic E-state index is 0.337. The molecule has 2 N–H and O–H groups in total. The van der Waals surface area contributed by atoms with Crippen LogP contribution in [0.3, 0.4) is 0 Å². The average molecular weight is 568 g/mol. The molecule has 3 aromatic rings. The van der Waals surface area contributed by atoms with Gasteiger partial charge < -0.3 is 10.2 Å². The standard InChI is InChI=1S/C28H27F6N3O3/c1-18-14-20(16-37-13-12-36(17-24(37)25(38)39)15-19-8-10-35-11-9-19)2-7-23(18)21-3-5-22(6-4-21)26(40,27(29,30)31)28(32,33)34/h2-11,14,24,40H,12-13,15-17H2,1H3,(H,38,39)/t24-/m0/s1. The van der Waals surface area contributed by atoms with E-state index in [2.05, 4.69) is 9.88 Å². The number of carbonyl (C=O) groups is 1. The highest BCUT2D eigenvalue weighted by molar-refractivity contribution is 5.74. The number of alkyl halides is 6.